The van der Waals surface area contributed by atoms with Crippen molar-refractivity contribution >= 4 is 5.91 Å². The van der Waals surface area contributed by atoms with Crippen molar-refractivity contribution in [3.63, 3.8) is 0 Å². The molecule has 0 atom stereocenters. The van der Waals surface area contributed by atoms with Crippen molar-refractivity contribution in [2.45, 2.75) is 33.1 Å². The molecule has 0 unspecified atom stereocenters. The van der Waals surface area contributed by atoms with Crippen molar-refractivity contribution in [1.29, 1.82) is 0 Å². The minimum absolute atomic E-state index is 0.0558. The Balaban J connectivity index is 2.52. The number of rotatable bonds is 7. The second kappa shape index (κ2) is 7.24. The average molecular weight is 267 g/mol. The van der Waals surface area contributed by atoms with Crippen molar-refractivity contribution < 1.29 is 14.3 Å². The first kappa shape index (κ1) is 15.6. The van der Waals surface area contributed by atoms with E-state index in [0.29, 0.717) is 12.1 Å². The van der Waals surface area contributed by atoms with E-state index in [1.54, 1.807) is 12.1 Å². The number of hydrogen-bond acceptors (Lipinski definition) is 2. The van der Waals surface area contributed by atoms with Crippen LogP contribution < -0.4 is 5.32 Å². The minimum Gasteiger partial charge on any atom is -0.396 e. The second-order valence-corrected chi connectivity index (χ2v) is 4.95. The monoisotopic (exact) mass is 267 g/mol. The molecule has 0 spiro atoms. The first-order valence-electron chi connectivity index (χ1n) is 6.67. The summed E-state index contributed by atoms with van der Waals surface area (Å²) in [5.41, 5.74) is 0.400. The Morgan fingerprint density at radius 1 is 1.37 bits per heavy atom. The van der Waals surface area contributed by atoms with E-state index in [0.717, 1.165) is 12.8 Å². The van der Waals surface area contributed by atoms with Gasteiger partial charge in [0.1, 0.15) is 5.82 Å². The van der Waals surface area contributed by atoms with Gasteiger partial charge >= 0.3 is 0 Å². The third-order valence-electron chi connectivity index (χ3n) is 3.75. The van der Waals surface area contributed by atoms with E-state index in [4.69, 9.17) is 0 Å². The smallest absolute Gasteiger partial charge is 0.224 e. The number of carbonyl (C=O) groups excluding carboxylic acids is 1. The van der Waals surface area contributed by atoms with Crippen LogP contribution in [0.1, 0.15) is 32.3 Å². The van der Waals surface area contributed by atoms with Gasteiger partial charge in [0.2, 0.25) is 5.91 Å². The molecule has 0 aliphatic heterocycles. The van der Waals surface area contributed by atoms with Crippen LogP contribution in [0.25, 0.3) is 0 Å². The molecular weight excluding hydrogens is 245 g/mol. The van der Waals surface area contributed by atoms with Gasteiger partial charge in [-0.2, -0.15) is 0 Å². The number of aliphatic hydroxyl groups excluding tert-OH is 1. The zero-order valence-electron chi connectivity index (χ0n) is 11.6. The molecule has 1 aromatic rings. The maximum absolute atomic E-state index is 13.0. The number of carbonyl (C=O) groups is 1. The number of halogens is 1. The summed E-state index contributed by atoms with van der Waals surface area (Å²) < 4.78 is 13.0. The van der Waals surface area contributed by atoms with Crippen molar-refractivity contribution in [2.24, 2.45) is 5.41 Å². The molecule has 0 aliphatic carbocycles. The first-order valence-corrected chi connectivity index (χ1v) is 6.67. The average Bonchev–Trinajstić information content (AvgIpc) is 2.41. The fraction of sp³-hybridized carbons (Fsp3) is 0.533. The number of hydrogen-bond donors (Lipinski definition) is 2. The predicted octanol–water partition coefficient (Wildman–Crippen LogP) is 2.28. The van der Waals surface area contributed by atoms with Crippen LogP contribution in [0, 0.1) is 11.2 Å². The van der Waals surface area contributed by atoms with Crippen LogP contribution >= 0.6 is 0 Å². The molecule has 19 heavy (non-hydrogen) atoms. The SMILES string of the molecule is CCC(CC)(CO)CNC(=O)Cc1cccc(F)c1. The van der Waals surface area contributed by atoms with Gasteiger partial charge in [-0.15, -0.1) is 0 Å². The molecular formula is C15H22FNO2. The molecule has 0 fully saturated rings. The Labute approximate surface area is 113 Å². The Morgan fingerprint density at radius 3 is 2.58 bits per heavy atom. The highest BCUT2D eigenvalue weighted by atomic mass is 19.1. The Bertz CT molecular complexity index is 408. The summed E-state index contributed by atoms with van der Waals surface area (Å²) in [7, 11) is 0. The van der Waals surface area contributed by atoms with Gasteiger partial charge < -0.3 is 10.4 Å². The fourth-order valence-electron chi connectivity index (χ4n) is 1.96. The van der Waals surface area contributed by atoms with Crippen LogP contribution in [0.2, 0.25) is 0 Å². The van der Waals surface area contributed by atoms with E-state index in [1.165, 1.54) is 12.1 Å². The molecule has 0 aliphatic rings. The summed E-state index contributed by atoms with van der Waals surface area (Å²) in [6.07, 6.45) is 1.77. The van der Waals surface area contributed by atoms with E-state index in [9.17, 15) is 14.3 Å². The van der Waals surface area contributed by atoms with E-state index < -0.39 is 0 Å². The summed E-state index contributed by atoms with van der Waals surface area (Å²) in [6.45, 7) is 4.50. The number of aliphatic hydroxyl groups is 1. The maximum atomic E-state index is 13.0. The lowest BCUT2D eigenvalue weighted by Gasteiger charge is -2.29. The third-order valence-corrected chi connectivity index (χ3v) is 3.75. The lowest BCUT2D eigenvalue weighted by atomic mass is 9.83. The Kier molecular flexibility index (Phi) is 5.96. The van der Waals surface area contributed by atoms with E-state index >= 15 is 0 Å². The largest absolute Gasteiger partial charge is 0.396 e. The molecule has 2 N–H and O–H groups in total. The molecule has 0 radical (unpaired) electrons. The number of amides is 1. The van der Waals surface area contributed by atoms with Crippen LogP contribution in [0.15, 0.2) is 24.3 Å². The zero-order valence-corrected chi connectivity index (χ0v) is 11.6. The molecule has 1 aromatic carbocycles. The van der Waals surface area contributed by atoms with Crippen molar-refractivity contribution in [2.75, 3.05) is 13.2 Å². The van der Waals surface area contributed by atoms with Gasteiger partial charge in [-0.1, -0.05) is 26.0 Å². The Morgan fingerprint density at radius 2 is 2.05 bits per heavy atom. The molecule has 106 valence electrons. The van der Waals surface area contributed by atoms with Gasteiger partial charge in [-0.05, 0) is 30.5 Å². The second-order valence-electron chi connectivity index (χ2n) is 4.95. The lowest BCUT2D eigenvalue weighted by molar-refractivity contribution is -0.121. The highest BCUT2D eigenvalue weighted by Crippen LogP contribution is 2.24. The van der Waals surface area contributed by atoms with Gasteiger partial charge in [0.15, 0.2) is 0 Å². The molecule has 3 nitrogen and oxygen atoms in total. The summed E-state index contributed by atoms with van der Waals surface area (Å²) in [5.74, 6) is -0.484. The third kappa shape index (κ3) is 4.63. The highest BCUT2D eigenvalue weighted by Gasteiger charge is 2.25. The number of nitrogens with one attached hydrogen (secondary N) is 1. The molecule has 1 amide bonds. The molecule has 4 heteroatoms. The van der Waals surface area contributed by atoms with Gasteiger partial charge in [-0.25, -0.2) is 4.39 Å². The zero-order chi connectivity index (χ0) is 14.3. The molecule has 0 aromatic heterocycles. The van der Waals surface area contributed by atoms with Crippen LogP contribution in [0.5, 0.6) is 0 Å². The molecule has 0 heterocycles. The van der Waals surface area contributed by atoms with E-state index in [2.05, 4.69) is 5.32 Å². The number of benzene rings is 1. The summed E-state index contributed by atoms with van der Waals surface area (Å²) >= 11 is 0. The fourth-order valence-corrected chi connectivity index (χ4v) is 1.96. The van der Waals surface area contributed by atoms with Gasteiger partial charge in [0.05, 0.1) is 13.0 Å². The van der Waals surface area contributed by atoms with Gasteiger partial charge in [0, 0.05) is 12.0 Å². The Hall–Kier alpha value is -1.42. The minimum atomic E-state index is -0.336. The summed E-state index contributed by atoms with van der Waals surface area (Å²) in [5, 5.41) is 12.2. The van der Waals surface area contributed by atoms with Crippen molar-refractivity contribution in [3.05, 3.63) is 35.6 Å². The molecule has 0 saturated carbocycles. The molecule has 0 saturated heterocycles. The summed E-state index contributed by atoms with van der Waals surface area (Å²) in [6, 6.07) is 6.03. The maximum Gasteiger partial charge on any atom is 0.224 e. The topological polar surface area (TPSA) is 49.3 Å². The van der Waals surface area contributed by atoms with E-state index in [-0.39, 0.29) is 30.2 Å². The van der Waals surface area contributed by atoms with Gasteiger partial charge in [-0.3, -0.25) is 4.79 Å². The molecule has 1 rings (SSSR count). The van der Waals surface area contributed by atoms with Crippen LogP contribution in [0.3, 0.4) is 0 Å². The predicted molar refractivity (Wildman–Crippen MR) is 73.2 cm³/mol. The summed E-state index contributed by atoms with van der Waals surface area (Å²) in [4.78, 5) is 11.8. The van der Waals surface area contributed by atoms with Crippen LogP contribution in [0.4, 0.5) is 4.39 Å². The van der Waals surface area contributed by atoms with Crippen molar-refractivity contribution in [3.8, 4) is 0 Å². The van der Waals surface area contributed by atoms with E-state index in [1.807, 2.05) is 13.8 Å². The van der Waals surface area contributed by atoms with Crippen molar-refractivity contribution in [1.82, 2.24) is 5.32 Å². The quantitative estimate of drug-likeness (QED) is 0.796. The molecule has 0 bridgehead atoms. The standard InChI is InChI=1S/C15H22FNO2/c1-3-15(4-2,11-18)10-17-14(19)9-12-6-5-7-13(16)8-12/h5-8,18H,3-4,9-11H2,1-2H3,(H,17,19). The van der Waals surface area contributed by atoms with Crippen LogP contribution in [-0.2, 0) is 11.2 Å². The van der Waals surface area contributed by atoms with Crippen LogP contribution in [-0.4, -0.2) is 24.2 Å². The van der Waals surface area contributed by atoms with Gasteiger partial charge in [0.25, 0.3) is 0 Å². The normalized spacial score (nSPS) is 11.4. The highest BCUT2D eigenvalue weighted by molar-refractivity contribution is 5.78. The lowest BCUT2D eigenvalue weighted by Crippen LogP contribution is -2.39. The first-order chi connectivity index (χ1) is 9.05.